The van der Waals surface area contributed by atoms with Gasteiger partial charge in [0.1, 0.15) is 0 Å². The minimum absolute atomic E-state index is 0.165. The first-order valence-corrected chi connectivity index (χ1v) is 5.96. The monoisotopic (exact) mass is 237 g/mol. The highest BCUT2D eigenvalue weighted by Gasteiger charge is 2.06. The van der Waals surface area contributed by atoms with Crippen molar-refractivity contribution in [2.45, 2.75) is 26.8 Å². The molecule has 0 aliphatic carbocycles. The van der Waals surface area contributed by atoms with E-state index in [1.807, 2.05) is 0 Å². The Morgan fingerprint density at radius 2 is 2.06 bits per heavy atom. The third kappa shape index (κ3) is 3.60. The van der Waals surface area contributed by atoms with Gasteiger partial charge in [0, 0.05) is 52.0 Å². The van der Waals surface area contributed by atoms with E-state index in [1.54, 1.807) is 19.0 Å². The number of aromatic nitrogens is 1. The maximum Gasteiger partial charge on any atom is 0.223 e. The molecular weight excluding hydrogens is 214 g/mol. The fraction of sp³-hybridized carbons (Fsp3) is 0.615. The van der Waals surface area contributed by atoms with Crippen LogP contribution in [-0.2, 0) is 18.4 Å². The predicted octanol–water partition coefficient (Wildman–Crippen LogP) is 1.21. The number of hydrogen-bond acceptors (Lipinski definition) is 2. The van der Waals surface area contributed by atoms with Gasteiger partial charge < -0.3 is 14.8 Å². The number of carbonyl (C=O) groups is 1. The van der Waals surface area contributed by atoms with Gasteiger partial charge in [0.25, 0.3) is 0 Å². The standard InChI is InChI=1S/C13H23N3O/c1-10-8-12(11(2)16(10)5)9-14-7-6-13(17)15(3)4/h8,14H,6-7,9H2,1-5H3. The quantitative estimate of drug-likeness (QED) is 0.782. The Labute approximate surface area is 104 Å². The zero-order valence-electron chi connectivity index (χ0n) is 11.5. The lowest BCUT2D eigenvalue weighted by molar-refractivity contribution is -0.128. The average molecular weight is 237 g/mol. The van der Waals surface area contributed by atoms with Gasteiger partial charge in [-0.3, -0.25) is 4.79 Å². The van der Waals surface area contributed by atoms with Gasteiger partial charge in [0.15, 0.2) is 0 Å². The maximum absolute atomic E-state index is 11.4. The number of rotatable bonds is 5. The molecule has 0 saturated carbocycles. The van der Waals surface area contributed by atoms with Crippen LogP contribution >= 0.6 is 0 Å². The molecule has 1 aromatic heterocycles. The van der Waals surface area contributed by atoms with E-state index in [-0.39, 0.29) is 5.91 Å². The van der Waals surface area contributed by atoms with E-state index in [9.17, 15) is 4.79 Å². The molecule has 1 rings (SSSR count). The average Bonchev–Trinajstić information content (AvgIpc) is 2.52. The zero-order chi connectivity index (χ0) is 13.0. The van der Waals surface area contributed by atoms with E-state index in [4.69, 9.17) is 0 Å². The van der Waals surface area contributed by atoms with Crippen molar-refractivity contribution in [2.75, 3.05) is 20.6 Å². The lowest BCUT2D eigenvalue weighted by Crippen LogP contribution is -2.26. The largest absolute Gasteiger partial charge is 0.352 e. The molecule has 4 heteroatoms. The van der Waals surface area contributed by atoms with Crippen molar-refractivity contribution in [3.05, 3.63) is 23.0 Å². The minimum atomic E-state index is 0.165. The van der Waals surface area contributed by atoms with Gasteiger partial charge in [-0.25, -0.2) is 0 Å². The normalized spacial score (nSPS) is 10.6. The maximum atomic E-state index is 11.4. The van der Waals surface area contributed by atoms with Crippen LogP contribution in [0.25, 0.3) is 0 Å². The van der Waals surface area contributed by atoms with Crippen molar-refractivity contribution in [2.24, 2.45) is 7.05 Å². The van der Waals surface area contributed by atoms with Gasteiger partial charge in [-0.2, -0.15) is 0 Å². The minimum Gasteiger partial charge on any atom is -0.352 e. The molecule has 1 N–H and O–H groups in total. The molecule has 0 bridgehead atoms. The summed E-state index contributed by atoms with van der Waals surface area (Å²) in [7, 11) is 5.64. The van der Waals surface area contributed by atoms with Gasteiger partial charge in [-0.15, -0.1) is 0 Å². The van der Waals surface area contributed by atoms with E-state index in [0.717, 1.165) is 13.1 Å². The van der Waals surface area contributed by atoms with Gasteiger partial charge in [0.2, 0.25) is 5.91 Å². The molecule has 0 aliphatic rings. The number of carbonyl (C=O) groups excluding carboxylic acids is 1. The summed E-state index contributed by atoms with van der Waals surface area (Å²) in [5.41, 5.74) is 3.86. The van der Waals surface area contributed by atoms with Crippen molar-refractivity contribution < 1.29 is 4.79 Å². The van der Waals surface area contributed by atoms with Crippen molar-refractivity contribution in [1.82, 2.24) is 14.8 Å². The van der Waals surface area contributed by atoms with Crippen molar-refractivity contribution >= 4 is 5.91 Å². The molecule has 96 valence electrons. The SMILES string of the molecule is Cc1cc(CNCCC(=O)N(C)C)c(C)n1C. The first-order valence-electron chi connectivity index (χ1n) is 5.96. The van der Waals surface area contributed by atoms with Crippen molar-refractivity contribution in [3.8, 4) is 0 Å². The van der Waals surface area contributed by atoms with Gasteiger partial charge >= 0.3 is 0 Å². The third-order valence-corrected chi connectivity index (χ3v) is 3.21. The second kappa shape index (κ2) is 5.87. The zero-order valence-corrected chi connectivity index (χ0v) is 11.5. The highest BCUT2D eigenvalue weighted by molar-refractivity contribution is 5.75. The molecule has 1 amide bonds. The van der Waals surface area contributed by atoms with Crippen LogP contribution in [0, 0.1) is 13.8 Å². The van der Waals surface area contributed by atoms with Crippen LogP contribution in [0.4, 0.5) is 0 Å². The molecule has 0 aliphatic heterocycles. The Bertz CT molecular complexity index is 394. The first-order chi connectivity index (χ1) is 7.93. The number of amides is 1. The van der Waals surface area contributed by atoms with Crippen LogP contribution in [0.1, 0.15) is 23.4 Å². The smallest absolute Gasteiger partial charge is 0.223 e. The molecule has 0 saturated heterocycles. The molecule has 0 atom stereocenters. The summed E-state index contributed by atoms with van der Waals surface area (Å²) in [5.74, 6) is 0.165. The molecule has 4 nitrogen and oxygen atoms in total. The van der Waals surface area contributed by atoms with E-state index in [2.05, 4.69) is 36.8 Å². The Morgan fingerprint density at radius 1 is 1.41 bits per heavy atom. The van der Waals surface area contributed by atoms with E-state index in [0.29, 0.717) is 6.42 Å². The van der Waals surface area contributed by atoms with Crippen LogP contribution in [0.5, 0.6) is 0 Å². The molecule has 0 spiro atoms. The van der Waals surface area contributed by atoms with Crippen LogP contribution in [0.3, 0.4) is 0 Å². The molecule has 0 radical (unpaired) electrons. The lowest BCUT2D eigenvalue weighted by Gasteiger charge is -2.10. The summed E-state index contributed by atoms with van der Waals surface area (Å²) >= 11 is 0. The highest BCUT2D eigenvalue weighted by Crippen LogP contribution is 2.12. The van der Waals surface area contributed by atoms with E-state index in [1.165, 1.54) is 17.0 Å². The number of aryl methyl sites for hydroxylation is 1. The van der Waals surface area contributed by atoms with Crippen molar-refractivity contribution in [3.63, 3.8) is 0 Å². The Hall–Kier alpha value is -1.29. The van der Waals surface area contributed by atoms with Gasteiger partial charge in [0.05, 0.1) is 0 Å². The summed E-state index contributed by atoms with van der Waals surface area (Å²) in [5, 5.41) is 3.31. The summed E-state index contributed by atoms with van der Waals surface area (Å²) in [6.45, 7) is 5.78. The van der Waals surface area contributed by atoms with E-state index >= 15 is 0 Å². The Morgan fingerprint density at radius 3 is 2.53 bits per heavy atom. The van der Waals surface area contributed by atoms with Crippen LogP contribution in [0.2, 0.25) is 0 Å². The molecule has 0 unspecified atom stereocenters. The topological polar surface area (TPSA) is 37.3 Å². The fourth-order valence-electron chi connectivity index (χ4n) is 1.75. The first kappa shape index (κ1) is 13.8. The number of nitrogens with one attached hydrogen (secondary N) is 1. The van der Waals surface area contributed by atoms with Crippen LogP contribution in [0.15, 0.2) is 6.07 Å². The van der Waals surface area contributed by atoms with Crippen molar-refractivity contribution in [1.29, 1.82) is 0 Å². The second-order valence-corrected chi connectivity index (χ2v) is 4.67. The highest BCUT2D eigenvalue weighted by atomic mass is 16.2. The number of nitrogens with zero attached hydrogens (tertiary/aromatic N) is 2. The molecular formula is C13H23N3O. The fourth-order valence-corrected chi connectivity index (χ4v) is 1.75. The predicted molar refractivity (Wildman–Crippen MR) is 69.9 cm³/mol. The Balaban J connectivity index is 2.36. The molecule has 17 heavy (non-hydrogen) atoms. The van der Waals surface area contributed by atoms with Gasteiger partial charge in [-0.1, -0.05) is 0 Å². The molecule has 0 aromatic carbocycles. The third-order valence-electron chi connectivity index (χ3n) is 3.21. The summed E-state index contributed by atoms with van der Waals surface area (Å²) in [6.07, 6.45) is 0.553. The second-order valence-electron chi connectivity index (χ2n) is 4.67. The summed E-state index contributed by atoms with van der Waals surface area (Å²) in [6, 6.07) is 2.19. The molecule has 0 fully saturated rings. The summed E-state index contributed by atoms with van der Waals surface area (Å²) in [4.78, 5) is 13.0. The van der Waals surface area contributed by atoms with Crippen LogP contribution in [-0.4, -0.2) is 36.0 Å². The number of hydrogen-bond donors (Lipinski definition) is 1. The lowest BCUT2D eigenvalue weighted by atomic mass is 10.2. The van der Waals surface area contributed by atoms with Crippen LogP contribution < -0.4 is 5.32 Å². The Kier molecular flexibility index (Phi) is 4.75. The summed E-state index contributed by atoms with van der Waals surface area (Å²) < 4.78 is 2.18. The van der Waals surface area contributed by atoms with Gasteiger partial charge in [-0.05, 0) is 25.5 Å². The molecule has 1 heterocycles. The molecule has 1 aromatic rings. The van der Waals surface area contributed by atoms with E-state index < -0.39 is 0 Å².